The topological polar surface area (TPSA) is 67.2 Å². The molecule has 0 radical (unpaired) electrons. The molecule has 0 spiro atoms. The number of nitrogens with zero attached hydrogens (tertiary/aromatic N) is 1. The van der Waals surface area contributed by atoms with Gasteiger partial charge in [-0.25, -0.2) is 0 Å². The minimum absolute atomic E-state index is 0.0573. The van der Waals surface area contributed by atoms with Crippen LogP contribution in [0.2, 0.25) is 0 Å². The lowest BCUT2D eigenvalue weighted by atomic mass is 10.0. The summed E-state index contributed by atoms with van der Waals surface area (Å²) in [6, 6.07) is 23.6. The van der Waals surface area contributed by atoms with Gasteiger partial charge in [0.25, 0.3) is 0 Å². The second-order valence-corrected chi connectivity index (χ2v) is 7.00. The van der Waals surface area contributed by atoms with Crippen molar-refractivity contribution in [2.24, 2.45) is 0 Å². The molecule has 0 atom stereocenters. The molecule has 5 heteroatoms. The predicted molar refractivity (Wildman–Crippen MR) is 109 cm³/mol. The van der Waals surface area contributed by atoms with Gasteiger partial charge in [0, 0.05) is 16.9 Å². The van der Waals surface area contributed by atoms with Crippen LogP contribution in [-0.2, 0) is 4.79 Å². The fourth-order valence-corrected chi connectivity index (χ4v) is 3.22. The van der Waals surface area contributed by atoms with Gasteiger partial charge in [0.05, 0.1) is 11.6 Å². The molecule has 138 valence electrons. The van der Waals surface area contributed by atoms with E-state index < -0.39 is 0 Å². The van der Waals surface area contributed by atoms with Crippen LogP contribution in [0.1, 0.15) is 29.3 Å². The van der Waals surface area contributed by atoms with Crippen molar-refractivity contribution in [3.05, 3.63) is 83.9 Å². The Morgan fingerprint density at radius 2 is 1.46 bits per heavy atom. The summed E-state index contributed by atoms with van der Waals surface area (Å²) in [5.74, 6) is 0.247. The molecule has 0 bridgehead atoms. The number of hydrogen-bond donors (Lipinski definition) is 0. The van der Waals surface area contributed by atoms with Crippen LogP contribution in [0.5, 0.6) is 5.75 Å². The quantitative estimate of drug-likeness (QED) is 0.330. The maximum Gasteiger partial charge on any atom is 0.310 e. The van der Waals surface area contributed by atoms with Crippen molar-refractivity contribution in [1.82, 2.24) is 0 Å². The predicted octanol–water partition coefficient (Wildman–Crippen LogP) is 5.47. The summed E-state index contributed by atoms with van der Waals surface area (Å²) in [7, 11) is 0. The maximum absolute atomic E-state index is 12.4. The van der Waals surface area contributed by atoms with Gasteiger partial charge in [-0.2, -0.15) is 5.26 Å². The zero-order chi connectivity index (χ0) is 19.9. The molecule has 0 fully saturated rings. The van der Waals surface area contributed by atoms with Gasteiger partial charge in [0.2, 0.25) is 5.12 Å². The normalized spacial score (nSPS) is 10.1. The number of ether oxygens (including phenoxy) is 1. The molecule has 0 aliphatic heterocycles. The molecule has 3 aromatic rings. The van der Waals surface area contributed by atoms with Crippen molar-refractivity contribution in [1.29, 1.82) is 5.26 Å². The molecule has 0 amide bonds. The van der Waals surface area contributed by atoms with Crippen molar-refractivity contribution in [3.63, 3.8) is 0 Å². The average Bonchev–Trinajstić information content (AvgIpc) is 2.75. The maximum atomic E-state index is 12.4. The SMILES string of the molecule is CCC(=O)Oc1ccc(-c2ccc(C(=O)Sc3ccc(C#N)cc3)cc2)cc1. The van der Waals surface area contributed by atoms with E-state index in [1.807, 2.05) is 24.3 Å². The molecule has 0 saturated carbocycles. The van der Waals surface area contributed by atoms with Gasteiger partial charge in [-0.3, -0.25) is 9.59 Å². The second-order valence-electron chi connectivity index (χ2n) is 5.96. The van der Waals surface area contributed by atoms with E-state index >= 15 is 0 Å². The minimum Gasteiger partial charge on any atom is -0.427 e. The molecule has 0 N–H and O–H groups in total. The Balaban J connectivity index is 1.67. The van der Waals surface area contributed by atoms with Crippen LogP contribution in [-0.4, -0.2) is 11.1 Å². The van der Waals surface area contributed by atoms with Gasteiger partial charge in [-0.1, -0.05) is 31.2 Å². The highest BCUT2D eigenvalue weighted by Crippen LogP contribution is 2.26. The molecule has 0 aliphatic rings. The zero-order valence-corrected chi connectivity index (χ0v) is 16.0. The number of thioether (sulfide) groups is 1. The van der Waals surface area contributed by atoms with Crippen LogP contribution in [0, 0.1) is 11.3 Å². The number of benzene rings is 3. The van der Waals surface area contributed by atoms with Crippen LogP contribution < -0.4 is 4.74 Å². The molecule has 4 nitrogen and oxygen atoms in total. The van der Waals surface area contributed by atoms with Gasteiger partial charge < -0.3 is 4.74 Å². The van der Waals surface area contributed by atoms with Gasteiger partial charge in [0.15, 0.2) is 0 Å². The van der Waals surface area contributed by atoms with Gasteiger partial charge in [-0.05, 0) is 71.4 Å². The Bertz CT molecular complexity index is 1020. The van der Waals surface area contributed by atoms with E-state index in [9.17, 15) is 9.59 Å². The van der Waals surface area contributed by atoms with Crippen molar-refractivity contribution in [3.8, 4) is 22.9 Å². The number of esters is 1. The van der Waals surface area contributed by atoms with Crippen molar-refractivity contribution < 1.29 is 14.3 Å². The molecule has 3 rings (SSSR count). The number of rotatable bonds is 5. The summed E-state index contributed by atoms with van der Waals surface area (Å²) < 4.78 is 5.17. The van der Waals surface area contributed by atoms with Gasteiger partial charge in [-0.15, -0.1) is 0 Å². The molecule has 28 heavy (non-hydrogen) atoms. The van der Waals surface area contributed by atoms with E-state index in [4.69, 9.17) is 10.00 Å². The Kier molecular flexibility index (Phi) is 6.25. The number of nitriles is 1. The van der Waals surface area contributed by atoms with Gasteiger partial charge >= 0.3 is 5.97 Å². The molecule has 0 saturated heterocycles. The Morgan fingerprint density at radius 1 is 0.893 bits per heavy atom. The number of carbonyl (C=O) groups excluding carboxylic acids is 2. The molecule has 3 aromatic carbocycles. The van der Waals surface area contributed by atoms with E-state index in [1.165, 1.54) is 0 Å². The molecule has 0 unspecified atom stereocenters. The molecule has 0 aliphatic carbocycles. The fourth-order valence-electron chi connectivity index (χ4n) is 2.48. The Morgan fingerprint density at radius 3 is 2.00 bits per heavy atom. The van der Waals surface area contributed by atoms with E-state index in [0.29, 0.717) is 23.3 Å². The average molecular weight is 387 g/mol. The highest BCUT2D eigenvalue weighted by Gasteiger charge is 2.09. The van der Waals surface area contributed by atoms with Crippen LogP contribution in [0.15, 0.2) is 77.7 Å². The van der Waals surface area contributed by atoms with Crippen molar-refractivity contribution in [2.75, 3.05) is 0 Å². The third kappa shape index (κ3) is 4.87. The number of carbonyl (C=O) groups is 2. The van der Waals surface area contributed by atoms with E-state index in [0.717, 1.165) is 27.8 Å². The molecular formula is C23H17NO3S. The molecule has 0 heterocycles. The molecular weight excluding hydrogens is 370 g/mol. The minimum atomic E-state index is -0.268. The first-order valence-corrected chi connectivity index (χ1v) is 9.54. The third-order valence-electron chi connectivity index (χ3n) is 4.02. The summed E-state index contributed by atoms with van der Waals surface area (Å²) in [4.78, 5) is 24.6. The highest BCUT2D eigenvalue weighted by atomic mass is 32.2. The first kappa shape index (κ1) is 19.4. The summed E-state index contributed by atoms with van der Waals surface area (Å²) in [5.41, 5.74) is 3.10. The lowest BCUT2D eigenvalue weighted by Crippen LogP contribution is -2.05. The third-order valence-corrected chi connectivity index (χ3v) is 4.95. The molecule has 0 aromatic heterocycles. The van der Waals surface area contributed by atoms with E-state index in [2.05, 4.69) is 6.07 Å². The van der Waals surface area contributed by atoms with E-state index in [-0.39, 0.29) is 11.1 Å². The number of hydrogen-bond acceptors (Lipinski definition) is 5. The van der Waals surface area contributed by atoms with Crippen LogP contribution in [0.25, 0.3) is 11.1 Å². The standard InChI is InChI=1S/C23H17NO3S/c1-2-22(25)27-20-11-9-18(10-12-20)17-5-7-19(8-6-17)23(26)28-21-13-3-16(15-24)4-14-21/h3-14H,2H2,1H3. The largest absolute Gasteiger partial charge is 0.427 e. The first-order valence-electron chi connectivity index (χ1n) is 8.72. The summed E-state index contributed by atoms with van der Waals surface area (Å²) >= 11 is 1.13. The van der Waals surface area contributed by atoms with Crippen molar-refractivity contribution in [2.45, 2.75) is 18.2 Å². The van der Waals surface area contributed by atoms with Crippen LogP contribution in [0.4, 0.5) is 0 Å². The lowest BCUT2D eigenvalue weighted by molar-refractivity contribution is -0.134. The smallest absolute Gasteiger partial charge is 0.310 e. The summed E-state index contributed by atoms with van der Waals surface area (Å²) in [6.45, 7) is 1.75. The van der Waals surface area contributed by atoms with Crippen LogP contribution in [0.3, 0.4) is 0 Å². The van der Waals surface area contributed by atoms with Crippen molar-refractivity contribution >= 4 is 22.8 Å². The Labute approximate surface area is 167 Å². The fraction of sp³-hybridized carbons (Fsp3) is 0.0870. The Hall–Kier alpha value is -3.36. The summed E-state index contributed by atoms with van der Waals surface area (Å²) in [5, 5.41) is 8.77. The lowest BCUT2D eigenvalue weighted by Gasteiger charge is -2.06. The van der Waals surface area contributed by atoms with E-state index in [1.54, 1.807) is 55.5 Å². The summed E-state index contributed by atoms with van der Waals surface area (Å²) in [6.07, 6.45) is 0.331. The highest BCUT2D eigenvalue weighted by molar-refractivity contribution is 8.14. The monoisotopic (exact) mass is 387 g/mol. The van der Waals surface area contributed by atoms with Gasteiger partial charge in [0.1, 0.15) is 5.75 Å². The second kappa shape index (κ2) is 9.03. The zero-order valence-electron chi connectivity index (χ0n) is 15.2. The van der Waals surface area contributed by atoms with Crippen LogP contribution >= 0.6 is 11.8 Å². The first-order chi connectivity index (χ1) is 13.6.